The number of halogens is 1. The lowest BCUT2D eigenvalue weighted by molar-refractivity contribution is -0.143. The quantitative estimate of drug-likeness (QED) is 0.307. The summed E-state index contributed by atoms with van der Waals surface area (Å²) in [5.74, 6) is -4.08. The zero-order valence-corrected chi connectivity index (χ0v) is 20.6. The van der Waals surface area contributed by atoms with Crippen molar-refractivity contribution in [1.29, 1.82) is 0 Å². The van der Waals surface area contributed by atoms with Crippen LogP contribution in [0.15, 0.2) is 60.7 Å². The lowest BCUT2D eigenvalue weighted by Crippen LogP contribution is -2.53. The first-order chi connectivity index (χ1) is 18.2. The van der Waals surface area contributed by atoms with Crippen LogP contribution in [-0.4, -0.2) is 38.9 Å². The zero-order chi connectivity index (χ0) is 26.8. The van der Waals surface area contributed by atoms with Crippen molar-refractivity contribution >= 4 is 23.4 Å². The van der Waals surface area contributed by atoms with Crippen LogP contribution in [0.5, 0.6) is 11.5 Å². The van der Waals surface area contributed by atoms with E-state index >= 15 is 0 Å². The fourth-order valence-electron chi connectivity index (χ4n) is 6.18. The lowest BCUT2D eigenvalue weighted by Gasteiger charge is -2.30. The standard InChI is InChI=1S/C29H26FN3O5/c1-2-15-5-9-20-19(11-15)29(28(38)31-20)25-24(21(32-29)12-17-6-10-22(34)23(35)13-17)26(36)33(27(25)37)14-16-3-7-18(30)8-4-16/h3-11,13,21,24-25,32,34-35H,2,12,14H2,1H3,(H,31,38)/t21?,24-,25+,29?/m1/s1. The highest BCUT2D eigenvalue weighted by atomic mass is 19.1. The molecule has 6 rings (SSSR count). The normalized spacial score (nSPS) is 25.7. The Morgan fingerprint density at radius 2 is 1.61 bits per heavy atom. The van der Waals surface area contributed by atoms with Crippen LogP contribution in [0.2, 0.25) is 0 Å². The van der Waals surface area contributed by atoms with Crippen molar-refractivity contribution in [2.45, 2.75) is 37.9 Å². The van der Waals surface area contributed by atoms with Crippen molar-refractivity contribution in [2.24, 2.45) is 11.8 Å². The van der Waals surface area contributed by atoms with Crippen LogP contribution in [0.1, 0.15) is 29.2 Å². The van der Waals surface area contributed by atoms with E-state index in [1.165, 1.54) is 41.3 Å². The molecule has 4 atom stereocenters. The number of aromatic hydroxyl groups is 2. The summed E-state index contributed by atoms with van der Waals surface area (Å²) in [6.45, 7) is 1.97. The molecule has 0 bridgehead atoms. The van der Waals surface area contributed by atoms with Gasteiger partial charge in [-0.1, -0.05) is 37.3 Å². The number of fused-ring (bicyclic) bond motifs is 4. The molecule has 3 heterocycles. The number of carbonyl (C=O) groups is 3. The van der Waals surface area contributed by atoms with Crippen LogP contribution in [0, 0.1) is 17.7 Å². The van der Waals surface area contributed by atoms with Crippen molar-refractivity contribution in [3.8, 4) is 11.5 Å². The number of hydrogen-bond donors (Lipinski definition) is 4. The first-order valence-corrected chi connectivity index (χ1v) is 12.6. The van der Waals surface area contributed by atoms with E-state index in [4.69, 9.17) is 0 Å². The molecule has 0 aromatic heterocycles. The highest BCUT2D eigenvalue weighted by Crippen LogP contribution is 2.53. The smallest absolute Gasteiger partial charge is 0.250 e. The van der Waals surface area contributed by atoms with E-state index in [1.54, 1.807) is 6.07 Å². The summed E-state index contributed by atoms with van der Waals surface area (Å²) in [6, 6.07) is 15.0. The lowest BCUT2D eigenvalue weighted by atomic mass is 9.76. The summed E-state index contributed by atoms with van der Waals surface area (Å²) < 4.78 is 13.5. The van der Waals surface area contributed by atoms with E-state index in [1.807, 2.05) is 25.1 Å². The Morgan fingerprint density at radius 3 is 2.32 bits per heavy atom. The first kappa shape index (κ1) is 24.1. The number of carbonyl (C=O) groups excluding carboxylic acids is 3. The maximum atomic E-state index is 14.0. The van der Waals surface area contributed by atoms with Gasteiger partial charge in [0, 0.05) is 17.3 Å². The predicted molar refractivity (Wildman–Crippen MR) is 135 cm³/mol. The van der Waals surface area contributed by atoms with Gasteiger partial charge < -0.3 is 15.5 Å². The number of likely N-dealkylation sites (tertiary alicyclic amines) is 1. The third-order valence-electron chi connectivity index (χ3n) is 8.03. The van der Waals surface area contributed by atoms with Gasteiger partial charge in [0.1, 0.15) is 11.4 Å². The summed E-state index contributed by atoms with van der Waals surface area (Å²) in [6.07, 6.45) is 0.960. The Morgan fingerprint density at radius 1 is 0.895 bits per heavy atom. The third-order valence-corrected chi connectivity index (χ3v) is 8.03. The summed E-state index contributed by atoms with van der Waals surface area (Å²) in [5, 5.41) is 26.1. The number of benzene rings is 3. The minimum Gasteiger partial charge on any atom is -0.504 e. The van der Waals surface area contributed by atoms with Crippen molar-refractivity contribution in [3.05, 3.63) is 88.7 Å². The van der Waals surface area contributed by atoms with Crippen molar-refractivity contribution in [3.63, 3.8) is 0 Å². The monoisotopic (exact) mass is 515 g/mol. The molecule has 0 radical (unpaired) electrons. The minimum absolute atomic E-state index is 0.0305. The van der Waals surface area contributed by atoms with E-state index in [0.29, 0.717) is 22.4 Å². The van der Waals surface area contributed by atoms with Gasteiger partial charge >= 0.3 is 0 Å². The number of imide groups is 1. The molecule has 9 heteroatoms. The Hall–Kier alpha value is -4.24. The van der Waals surface area contributed by atoms with Crippen LogP contribution < -0.4 is 10.6 Å². The molecule has 2 saturated heterocycles. The largest absolute Gasteiger partial charge is 0.504 e. The van der Waals surface area contributed by atoms with Crippen molar-refractivity contribution < 1.29 is 29.0 Å². The number of nitrogens with one attached hydrogen (secondary N) is 2. The number of phenolic OH excluding ortho intramolecular Hbond substituents is 2. The van der Waals surface area contributed by atoms with Gasteiger partial charge in [0.15, 0.2) is 11.5 Å². The molecule has 0 aliphatic carbocycles. The molecule has 3 aromatic carbocycles. The molecular weight excluding hydrogens is 489 g/mol. The fourth-order valence-corrected chi connectivity index (χ4v) is 6.18. The second-order valence-corrected chi connectivity index (χ2v) is 10.2. The zero-order valence-electron chi connectivity index (χ0n) is 20.6. The molecule has 194 valence electrons. The van der Waals surface area contributed by atoms with Gasteiger partial charge in [-0.05, 0) is 59.9 Å². The Kier molecular flexibility index (Phi) is 5.50. The molecule has 8 nitrogen and oxygen atoms in total. The number of hydrogen-bond acceptors (Lipinski definition) is 6. The number of amides is 3. The Balaban J connectivity index is 1.45. The Bertz CT molecular complexity index is 1490. The number of nitrogens with zero attached hydrogens (tertiary/aromatic N) is 1. The topological polar surface area (TPSA) is 119 Å². The molecule has 38 heavy (non-hydrogen) atoms. The van der Waals surface area contributed by atoms with Crippen LogP contribution >= 0.6 is 0 Å². The molecule has 3 amide bonds. The fraction of sp³-hybridized carbons (Fsp3) is 0.276. The highest BCUT2D eigenvalue weighted by Gasteiger charge is 2.70. The molecule has 0 saturated carbocycles. The van der Waals surface area contributed by atoms with Gasteiger partial charge in [-0.15, -0.1) is 0 Å². The maximum absolute atomic E-state index is 14.0. The number of rotatable bonds is 5. The first-order valence-electron chi connectivity index (χ1n) is 12.6. The van der Waals surface area contributed by atoms with Gasteiger partial charge in [0.05, 0.1) is 18.4 Å². The van der Waals surface area contributed by atoms with Crippen LogP contribution in [-0.2, 0) is 39.3 Å². The molecule has 2 fully saturated rings. The van der Waals surface area contributed by atoms with Gasteiger partial charge in [0.25, 0.3) is 0 Å². The molecule has 3 aliphatic heterocycles. The molecule has 2 unspecified atom stereocenters. The summed E-state index contributed by atoms with van der Waals surface area (Å²) in [5.41, 5.74) is 2.01. The second-order valence-electron chi connectivity index (χ2n) is 10.2. The minimum atomic E-state index is -1.45. The Labute approximate surface area is 218 Å². The predicted octanol–water partition coefficient (Wildman–Crippen LogP) is 2.96. The molecular formula is C29H26FN3O5. The summed E-state index contributed by atoms with van der Waals surface area (Å²) in [7, 11) is 0. The average molecular weight is 516 g/mol. The van der Waals surface area contributed by atoms with Gasteiger partial charge in [0.2, 0.25) is 17.7 Å². The summed E-state index contributed by atoms with van der Waals surface area (Å²) >= 11 is 0. The number of phenols is 2. The van der Waals surface area contributed by atoms with Crippen LogP contribution in [0.25, 0.3) is 0 Å². The molecule has 3 aliphatic rings. The van der Waals surface area contributed by atoms with Gasteiger partial charge in [-0.25, -0.2) is 4.39 Å². The van der Waals surface area contributed by atoms with Gasteiger partial charge in [-0.3, -0.25) is 24.6 Å². The molecule has 4 N–H and O–H groups in total. The van der Waals surface area contributed by atoms with Crippen LogP contribution in [0.4, 0.5) is 10.1 Å². The van der Waals surface area contributed by atoms with E-state index in [0.717, 1.165) is 12.0 Å². The SMILES string of the molecule is CCc1ccc2c(c1)C1(NC(Cc3ccc(O)c(O)c3)[C@H]3C(=O)N(Cc4ccc(F)cc4)C(=O)[C@H]31)C(=O)N2. The van der Waals surface area contributed by atoms with E-state index in [2.05, 4.69) is 10.6 Å². The second kappa shape index (κ2) is 8.66. The number of anilines is 1. The van der Waals surface area contributed by atoms with Gasteiger partial charge in [-0.2, -0.15) is 0 Å². The van der Waals surface area contributed by atoms with Crippen molar-refractivity contribution in [1.82, 2.24) is 10.2 Å². The average Bonchev–Trinajstić information content (AvgIpc) is 3.47. The highest BCUT2D eigenvalue weighted by molar-refractivity contribution is 6.15. The van der Waals surface area contributed by atoms with Crippen LogP contribution in [0.3, 0.4) is 0 Å². The number of aryl methyl sites for hydroxylation is 1. The van der Waals surface area contributed by atoms with E-state index in [9.17, 15) is 29.0 Å². The van der Waals surface area contributed by atoms with Crippen molar-refractivity contribution in [2.75, 3.05) is 5.32 Å². The summed E-state index contributed by atoms with van der Waals surface area (Å²) in [4.78, 5) is 42.7. The van der Waals surface area contributed by atoms with E-state index in [-0.39, 0.29) is 24.5 Å². The molecule has 1 spiro atoms. The maximum Gasteiger partial charge on any atom is 0.250 e. The third kappa shape index (κ3) is 3.49. The van der Waals surface area contributed by atoms with E-state index < -0.39 is 47.0 Å². The molecule has 3 aromatic rings.